The van der Waals surface area contributed by atoms with Gasteiger partial charge < -0.3 is 10.8 Å². The molecule has 0 saturated carbocycles. The van der Waals surface area contributed by atoms with Gasteiger partial charge in [0.15, 0.2) is 0 Å². The Morgan fingerprint density at radius 3 is 1.80 bits per heavy atom. The maximum atomic E-state index is 8.78. The van der Waals surface area contributed by atoms with Crippen LogP contribution in [-0.2, 0) is 19.5 Å². The number of primary amides is 1. The normalized spacial score (nSPS) is 4.80. The molecule has 0 spiro atoms. The van der Waals surface area contributed by atoms with Gasteiger partial charge in [-0.2, -0.15) is 0 Å². The van der Waals surface area contributed by atoms with Crippen molar-refractivity contribution in [2.45, 2.75) is 0 Å². The summed E-state index contributed by atoms with van der Waals surface area (Å²) < 4.78 is 0. The molecule has 0 aliphatic rings. The van der Waals surface area contributed by atoms with E-state index in [0.29, 0.717) is 0 Å². The van der Waals surface area contributed by atoms with Crippen molar-refractivity contribution in [3.8, 4) is 0 Å². The van der Waals surface area contributed by atoms with Gasteiger partial charge in [-0.1, -0.05) is 0 Å². The molecular formula is CH3NO2Ru. The SMILES string of the molecule is NC(=O)O.[Ru]. The molecule has 0 atom stereocenters. The van der Waals surface area contributed by atoms with E-state index in [0.717, 1.165) is 0 Å². The number of rotatable bonds is 0. The molecule has 0 fully saturated rings. The van der Waals surface area contributed by atoms with Crippen LogP contribution in [0.3, 0.4) is 0 Å². The van der Waals surface area contributed by atoms with Gasteiger partial charge in [0.1, 0.15) is 0 Å². The Bertz CT molecular complexity index is 32.6. The van der Waals surface area contributed by atoms with Gasteiger partial charge in [-0.25, -0.2) is 4.79 Å². The zero-order valence-corrected chi connectivity index (χ0v) is 4.02. The molecule has 0 aromatic heterocycles. The Morgan fingerprint density at radius 1 is 1.80 bits per heavy atom. The van der Waals surface area contributed by atoms with Crippen LogP contribution < -0.4 is 5.73 Å². The Labute approximate surface area is 41.9 Å². The van der Waals surface area contributed by atoms with Crippen molar-refractivity contribution in [1.29, 1.82) is 0 Å². The summed E-state index contributed by atoms with van der Waals surface area (Å²) in [5.74, 6) is 0. The van der Waals surface area contributed by atoms with Crippen LogP contribution in [0.4, 0.5) is 4.79 Å². The molecule has 4 heteroatoms. The third-order valence-corrected chi connectivity index (χ3v) is 0. The monoisotopic (exact) mass is 163 g/mol. The minimum absolute atomic E-state index is 0. The van der Waals surface area contributed by atoms with Crippen LogP contribution in [0, 0.1) is 0 Å². The van der Waals surface area contributed by atoms with Crippen molar-refractivity contribution in [1.82, 2.24) is 0 Å². The minimum atomic E-state index is -1.33. The quantitative estimate of drug-likeness (QED) is 0.477. The fraction of sp³-hybridized carbons (Fsp3) is 0. The Balaban J connectivity index is 0. The topological polar surface area (TPSA) is 63.3 Å². The van der Waals surface area contributed by atoms with Gasteiger partial charge in [0, 0.05) is 19.5 Å². The second-order valence-electron chi connectivity index (χ2n) is 0.338. The second kappa shape index (κ2) is 3.89. The van der Waals surface area contributed by atoms with Gasteiger partial charge in [-0.3, -0.25) is 0 Å². The van der Waals surface area contributed by atoms with Crippen molar-refractivity contribution in [2.75, 3.05) is 0 Å². The van der Waals surface area contributed by atoms with E-state index < -0.39 is 6.09 Å². The van der Waals surface area contributed by atoms with E-state index in [1.54, 1.807) is 0 Å². The molecule has 0 bridgehead atoms. The fourth-order valence-corrected chi connectivity index (χ4v) is 0. The Hall–Kier alpha value is -0.107. The van der Waals surface area contributed by atoms with E-state index in [1.807, 2.05) is 0 Å². The molecule has 0 aromatic rings. The standard InChI is InChI=1S/CH3NO2.Ru/c2-1(3)4;/h2H2,(H,3,4);. The molecule has 0 rings (SSSR count). The molecule has 3 N–H and O–H groups in total. The number of amides is 1. The van der Waals surface area contributed by atoms with Gasteiger partial charge in [0.25, 0.3) is 0 Å². The predicted octanol–water partition coefficient (Wildman–Crippen LogP) is -0.379. The molecule has 0 aliphatic heterocycles. The van der Waals surface area contributed by atoms with E-state index in [2.05, 4.69) is 5.73 Å². The minimum Gasteiger partial charge on any atom is -0.465 e. The average molecular weight is 162 g/mol. The number of carbonyl (C=O) groups is 1. The van der Waals surface area contributed by atoms with E-state index >= 15 is 0 Å². The summed E-state index contributed by atoms with van der Waals surface area (Å²) in [5, 5.41) is 7.19. The summed E-state index contributed by atoms with van der Waals surface area (Å²) in [6.45, 7) is 0. The van der Waals surface area contributed by atoms with E-state index in [9.17, 15) is 0 Å². The molecular weight excluding hydrogens is 159 g/mol. The van der Waals surface area contributed by atoms with Crippen LogP contribution in [0.2, 0.25) is 0 Å². The second-order valence-corrected chi connectivity index (χ2v) is 0.338. The van der Waals surface area contributed by atoms with Gasteiger partial charge in [0.2, 0.25) is 0 Å². The van der Waals surface area contributed by atoms with Crippen LogP contribution in [0.5, 0.6) is 0 Å². The molecule has 3 nitrogen and oxygen atoms in total. The molecule has 0 aliphatic carbocycles. The first-order valence-corrected chi connectivity index (χ1v) is 0.716. The van der Waals surface area contributed by atoms with E-state index in [1.165, 1.54) is 0 Å². The molecule has 0 radical (unpaired) electrons. The first-order valence-electron chi connectivity index (χ1n) is 0.716. The summed E-state index contributed by atoms with van der Waals surface area (Å²) in [7, 11) is 0. The zero-order chi connectivity index (χ0) is 3.58. The van der Waals surface area contributed by atoms with Crippen molar-refractivity contribution >= 4 is 6.09 Å². The van der Waals surface area contributed by atoms with Gasteiger partial charge in [-0.15, -0.1) is 0 Å². The van der Waals surface area contributed by atoms with Gasteiger partial charge in [-0.05, 0) is 0 Å². The summed E-state index contributed by atoms with van der Waals surface area (Å²) in [5.41, 5.74) is 4.03. The number of hydrogen-bond acceptors (Lipinski definition) is 1. The third-order valence-electron chi connectivity index (χ3n) is 0. The maximum absolute atomic E-state index is 8.78. The maximum Gasteiger partial charge on any atom is 0.402 e. The van der Waals surface area contributed by atoms with E-state index in [-0.39, 0.29) is 19.5 Å². The first kappa shape index (κ1) is 8.86. The first-order chi connectivity index (χ1) is 1.73. The number of hydrogen-bond donors (Lipinski definition) is 2. The summed E-state index contributed by atoms with van der Waals surface area (Å²) in [6.07, 6.45) is -1.33. The van der Waals surface area contributed by atoms with Crippen LogP contribution in [0.15, 0.2) is 0 Å². The summed E-state index contributed by atoms with van der Waals surface area (Å²) in [4.78, 5) is 8.78. The molecule has 1 amide bonds. The molecule has 5 heavy (non-hydrogen) atoms. The average Bonchev–Trinajstić information content (AvgIpc) is 0.811. The van der Waals surface area contributed by atoms with Crippen LogP contribution >= 0.6 is 0 Å². The molecule has 32 valence electrons. The van der Waals surface area contributed by atoms with Gasteiger partial charge >= 0.3 is 6.09 Å². The van der Waals surface area contributed by atoms with Crippen LogP contribution in [0.1, 0.15) is 0 Å². The van der Waals surface area contributed by atoms with Gasteiger partial charge in [0.05, 0.1) is 0 Å². The molecule has 0 unspecified atom stereocenters. The zero-order valence-electron chi connectivity index (χ0n) is 2.29. The van der Waals surface area contributed by atoms with Crippen LogP contribution in [-0.4, -0.2) is 11.2 Å². The Morgan fingerprint density at radius 2 is 1.80 bits per heavy atom. The summed E-state index contributed by atoms with van der Waals surface area (Å²) >= 11 is 0. The van der Waals surface area contributed by atoms with Crippen molar-refractivity contribution in [3.05, 3.63) is 0 Å². The molecule has 0 aromatic carbocycles. The third kappa shape index (κ3) is 1230. The van der Waals surface area contributed by atoms with Crippen molar-refractivity contribution in [2.24, 2.45) is 5.73 Å². The number of carboxylic acid groups (broad SMARTS) is 1. The molecule has 0 saturated heterocycles. The largest absolute Gasteiger partial charge is 0.465 e. The van der Waals surface area contributed by atoms with E-state index in [4.69, 9.17) is 9.90 Å². The van der Waals surface area contributed by atoms with Crippen LogP contribution in [0.25, 0.3) is 0 Å². The smallest absolute Gasteiger partial charge is 0.402 e. The van der Waals surface area contributed by atoms with Crippen molar-refractivity contribution in [3.63, 3.8) is 0 Å². The Kier molecular flexibility index (Phi) is 6.90. The molecule has 0 heterocycles. The van der Waals surface area contributed by atoms with Crippen molar-refractivity contribution < 1.29 is 29.4 Å². The summed E-state index contributed by atoms with van der Waals surface area (Å²) in [6, 6.07) is 0. The fourth-order valence-electron chi connectivity index (χ4n) is 0. The number of nitrogens with two attached hydrogens (primary N) is 1. The predicted molar refractivity (Wildman–Crippen MR) is 12.2 cm³/mol.